The maximum Gasteiger partial charge on any atom is 0.0305 e. The molecule has 0 N–H and O–H groups in total. The van der Waals surface area contributed by atoms with E-state index in [0.29, 0.717) is 5.92 Å². The molecule has 0 saturated carbocycles. The van der Waals surface area contributed by atoms with Crippen molar-refractivity contribution in [2.45, 2.75) is 19.8 Å². The van der Waals surface area contributed by atoms with Crippen molar-refractivity contribution in [1.29, 1.82) is 0 Å². The Bertz CT molecular complexity index is 2100. The van der Waals surface area contributed by atoms with Crippen molar-refractivity contribution in [3.63, 3.8) is 0 Å². The van der Waals surface area contributed by atoms with Crippen LogP contribution in [0.4, 0.5) is 0 Å². The van der Waals surface area contributed by atoms with E-state index in [0.717, 1.165) is 0 Å². The maximum atomic E-state index is 2.41. The lowest BCUT2D eigenvalue weighted by atomic mass is 9.83. The molecule has 0 bridgehead atoms. The second-order valence-corrected chi connectivity index (χ2v) is 11.4. The van der Waals surface area contributed by atoms with E-state index in [-0.39, 0.29) is 0 Å². The third kappa shape index (κ3) is 3.68. The zero-order chi connectivity index (χ0) is 27.5. The molecule has 1 unspecified atom stereocenters. The Balaban J connectivity index is 1.41. The lowest BCUT2D eigenvalue weighted by Crippen LogP contribution is -1.99. The summed E-state index contributed by atoms with van der Waals surface area (Å²) in [5, 5.41) is 7.80. The molecule has 0 fully saturated rings. The predicted molar refractivity (Wildman–Crippen MR) is 177 cm³/mol. The second-order valence-electron chi connectivity index (χ2n) is 11.4. The van der Waals surface area contributed by atoms with Gasteiger partial charge in [0.15, 0.2) is 0 Å². The van der Waals surface area contributed by atoms with Gasteiger partial charge in [-0.05, 0) is 96.7 Å². The molecule has 0 nitrogen and oxygen atoms in total. The Morgan fingerprint density at radius 1 is 0.463 bits per heavy atom. The van der Waals surface area contributed by atoms with Crippen LogP contribution in [0.2, 0.25) is 0 Å². The molecule has 7 aromatic carbocycles. The third-order valence-corrected chi connectivity index (χ3v) is 9.00. The van der Waals surface area contributed by atoms with Crippen molar-refractivity contribution in [3.8, 4) is 22.3 Å². The van der Waals surface area contributed by atoms with Gasteiger partial charge in [-0.1, -0.05) is 139 Å². The lowest BCUT2D eigenvalue weighted by Gasteiger charge is -2.20. The molecule has 0 aromatic heterocycles. The Kier molecular flexibility index (Phi) is 5.43. The van der Waals surface area contributed by atoms with Gasteiger partial charge in [0.2, 0.25) is 0 Å². The minimum absolute atomic E-state index is 0.325. The van der Waals surface area contributed by atoms with Crippen LogP contribution < -0.4 is 0 Å². The maximum absolute atomic E-state index is 2.41. The molecule has 0 heterocycles. The van der Waals surface area contributed by atoms with Crippen molar-refractivity contribution in [2.24, 2.45) is 0 Å². The first kappa shape index (κ1) is 23.9. The van der Waals surface area contributed by atoms with Crippen LogP contribution in [0.1, 0.15) is 35.1 Å². The van der Waals surface area contributed by atoms with E-state index in [1.54, 1.807) is 0 Å². The summed E-state index contributed by atoms with van der Waals surface area (Å²) in [6.07, 6.45) is 2.38. The predicted octanol–water partition coefficient (Wildman–Crippen LogP) is 11.3. The number of rotatable bonds is 3. The van der Waals surface area contributed by atoms with Gasteiger partial charge in [-0.3, -0.25) is 0 Å². The van der Waals surface area contributed by atoms with Crippen LogP contribution in [0.5, 0.6) is 0 Å². The molecule has 0 heteroatoms. The van der Waals surface area contributed by atoms with Gasteiger partial charge < -0.3 is 0 Å². The minimum Gasteiger partial charge on any atom is -0.0622 e. The van der Waals surface area contributed by atoms with Crippen LogP contribution in [-0.4, -0.2) is 0 Å². The summed E-state index contributed by atoms with van der Waals surface area (Å²) in [5.74, 6) is 0.325. The average Bonchev–Trinajstić information content (AvgIpc) is 3.35. The summed E-state index contributed by atoms with van der Waals surface area (Å²) in [6, 6.07) is 49.4. The van der Waals surface area contributed by atoms with Crippen molar-refractivity contribution in [3.05, 3.63) is 161 Å². The molecule has 1 aliphatic rings. The number of fused-ring (bicyclic) bond motifs is 4. The summed E-state index contributed by atoms with van der Waals surface area (Å²) in [7, 11) is 0. The van der Waals surface area contributed by atoms with Gasteiger partial charge in [-0.25, -0.2) is 0 Å². The van der Waals surface area contributed by atoms with E-state index in [4.69, 9.17) is 0 Å². The molecule has 0 aliphatic heterocycles. The van der Waals surface area contributed by atoms with Crippen LogP contribution in [0, 0.1) is 6.92 Å². The fourth-order valence-corrected chi connectivity index (χ4v) is 7.18. The van der Waals surface area contributed by atoms with E-state index in [1.807, 2.05) is 0 Å². The van der Waals surface area contributed by atoms with Crippen LogP contribution in [0.15, 0.2) is 139 Å². The number of hydrogen-bond donors (Lipinski definition) is 0. The number of hydrogen-bond acceptors (Lipinski definition) is 0. The number of benzene rings is 7. The van der Waals surface area contributed by atoms with Crippen molar-refractivity contribution in [2.75, 3.05) is 0 Å². The molecule has 7 aromatic rings. The van der Waals surface area contributed by atoms with E-state index < -0.39 is 0 Å². The van der Waals surface area contributed by atoms with E-state index in [2.05, 4.69) is 153 Å². The fourth-order valence-electron chi connectivity index (χ4n) is 7.18. The molecule has 0 saturated heterocycles. The number of allylic oxidation sites excluding steroid dienone is 1. The first-order chi connectivity index (χ1) is 20.2. The smallest absolute Gasteiger partial charge is 0.0305 e. The molecule has 1 aliphatic carbocycles. The summed E-state index contributed by atoms with van der Waals surface area (Å²) in [5.41, 5.74) is 12.0. The Morgan fingerprint density at radius 3 is 1.68 bits per heavy atom. The topological polar surface area (TPSA) is 0 Å². The monoisotopic (exact) mass is 522 g/mol. The Labute approximate surface area is 241 Å². The van der Waals surface area contributed by atoms with Crippen LogP contribution in [0.25, 0.3) is 60.6 Å². The highest BCUT2D eigenvalue weighted by Gasteiger charge is 2.25. The third-order valence-electron chi connectivity index (χ3n) is 9.00. The van der Waals surface area contributed by atoms with Gasteiger partial charge in [0.1, 0.15) is 0 Å². The summed E-state index contributed by atoms with van der Waals surface area (Å²) < 4.78 is 0. The van der Waals surface area contributed by atoms with Crippen molar-refractivity contribution >= 4 is 38.4 Å². The van der Waals surface area contributed by atoms with E-state index >= 15 is 0 Å². The highest BCUT2D eigenvalue weighted by Crippen LogP contribution is 2.47. The van der Waals surface area contributed by atoms with E-state index in [9.17, 15) is 0 Å². The van der Waals surface area contributed by atoms with Gasteiger partial charge in [0.25, 0.3) is 0 Å². The standard InChI is InChI=1S/C41H30/c1-26-20-22-38(33-15-7-6-14-31(26)33)41-36-18-10-8-16-34(36)40(35-17-9-11-19-37(35)41)29-21-23-32-30(25-29)24-27(2)39(32)28-12-4-3-5-13-28/h3-25,39H,1-2H3. The zero-order valence-corrected chi connectivity index (χ0v) is 23.4. The lowest BCUT2D eigenvalue weighted by molar-refractivity contribution is 0.977. The van der Waals surface area contributed by atoms with Gasteiger partial charge in [0.05, 0.1) is 0 Å². The molecular weight excluding hydrogens is 492 g/mol. The SMILES string of the molecule is CC1=Cc2cc(-c3c4ccccc4c(-c4ccc(C)c5ccccc45)c4ccccc34)ccc2C1c1ccccc1. The highest BCUT2D eigenvalue weighted by molar-refractivity contribution is 6.23. The molecule has 0 spiro atoms. The Hall–Kier alpha value is -4.94. The fraction of sp³-hybridized carbons (Fsp3) is 0.0732. The average molecular weight is 523 g/mol. The zero-order valence-electron chi connectivity index (χ0n) is 23.4. The van der Waals surface area contributed by atoms with Gasteiger partial charge in [-0.15, -0.1) is 0 Å². The minimum atomic E-state index is 0.325. The van der Waals surface area contributed by atoms with Crippen LogP contribution in [-0.2, 0) is 0 Å². The largest absolute Gasteiger partial charge is 0.0622 e. The highest BCUT2D eigenvalue weighted by atomic mass is 14.3. The molecular formula is C41H30. The summed E-state index contributed by atoms with van der Waals surface area (Å²) >= 11 is 0. The first-order valence-electron chi connectivity index (χ1n) is 14.5. The van der Waals surface area contributed by atoms with Gasteiger partial charge in [-0.2, -0.15) is 0 Å². The summed E-state index contributed by atoms with van der Waals surface area (Å²) in [6.45, 7) is 4.47. The number of aryl methyl sites for hydroxylation is 1. The molecule has 0 amide bonds. The molecule has 41 heavy (non-hydrogen) atoms. The van der Waals surface area contributed by atoms with Crippen LogP contribution >= 0.6 is 0 Å². The van der Waals surface area contributed by atoms with E-state index in [1.165, 1.54) is 82.4 Å². The van der Waals surface area contributed by atoms with Gasteiger partial charge >= 0.3 is 0 Å². The van der Waals surface area contributed by atoms with Crippen LogP contribution in [0.3, 0.4) is 0 Å². The van der Waals surface area contributed by atoms with Gasteiger partial charge in [0, 0.05) is 5.92 Å². The molecule has 8 rings (SSSR count). The van der Waals surface area contributed by atoms with Crippen molar-refractivity contribution in [1.82, 2.24) is 0 Å². The molecule has 194 valence electrons. The second kappa shape index (κ2) is 9.32. The quantitative estimate of drug-likeness (QED) is 0.202. The first-order valence-corrected chi connectivity index (χ1v) is 14.5. The normalized spacial score (nSPS) is 14.5. The summed E-state index contributed by atoms with van der Waals surface area (Å²) in [4.78, 5) is 0. The molecule has 1 atom stereocenters. The van der Waals surface area contributed by atoms with Crippen molar-refractivity contribution < 1.29 is 0 Å². The Morgan fingerprint density at radius 2 is 1.02 bits per heavy atom. The molecule has 0 radical (unpaired) electrons.